The summed E-state index contributed by atoms with van der Waals surface area (Å²) < 4.78 is 18.4. The molecular formula is C42H52N14O6. The first-order chi connectivity index (χ1) is 30.2. The van der Waals surface area contributed by atoms with Crippen LogP contribution in [0.3, 0.4) is 0 Å². The van der Waals surface area contributed by atoms with E-state index >= 15 is 0 Å². The Morgan fingerprint density at radius 1 is 0.984 bits per heavy atom. The van der Waals surface area contributed by atoms with Gasteiger partial charge in [-0.1, -0.05) is 5.92 Å². The molecule has 0 unspecified atom stereocenters. The topological polar surface area (TPSA) is 249 Å². The van der Waals surface area contributed by atoms with Gasteiger partial charge in [0.05, 0.1) is 56.3 Å². The van der Waals surface area contributed by atoms with Gasteiger partial charge in [0.25, 0.3) is 0 Å². The molecule has 1 aliphatic heterocycles. The number of H-pyrrole nitrogens is 1. The molecule has 0 radical (unpaired) electrons. The number of carbonyl (C=O) groups excluding carboxylic acids is 2. The second-order valence-corrected chi connectivity index (χ2v) is 14.2. The number of terminal acetylenes is 1. The first-order valence-corrected chi connectivity index (χ1v) is 20.3. The highest BCUT2D eigenvalue weighted by atomic mass is 16.5. The number of nitrogens with zero attached hydrogens (tertiary/aromatic N) is 10. The van der Waals surface area contributed by atoms with E-state index in [4.69, 9.17) is 31.5 Å². The number of phenols is 1. The summed E-state index contributed by atoms with van der Waals surface area (Å²) >= 11 is 0. The van der Waals surface area contributed by atoms with E-state index in [9.17, 15) is 14.7 Å². The zero-order valence-electron chi connectivity index (χ0n) is 34.8. The summed E-state index contributed by atoms with van der Waals surface area (Å²) in [6, 6.07) is 7.01. The average Bonchev–Trinajstić information content (AvgIpc) is 3.88. The molecule has 1 saturated heterocycles. The number of ether oxygens (including phenoxy) is 3. The third-order valence-corrected chi connectivity index (χ3v) is 9.81. The number of guanidine groups is 1. The number of unbranched alkanes of at least 4 members (excludes halogenated alkanes) is 1. The third kappa shape index (κ3) is 12.3. The van der Waals surface area contributed by atoms with Crippen molar-refractivity contribution < 1.29 is 28.9 Å². The lowest BCUT2D eigenvalue weighted by Gasteiger charge is -2.35. The number of aromatic nitrogens is 7. The van der Waals surface area contributed by atoms with Gasteiger partial charge in [-0.3, -0.25) is 9.59 Å². The first kappa shape index (κ1) is 44.6. The zero-order valence-corrected chi connectivity index (χ0v) is 34.8. The molecule has 0 atom stereocenters. The molecule has 0 bridgehead atoms. The number of fused-ring (bicyclic) bond motifs is 2. The van der Waals surface area contributed by atoms with E-state index in [2.05, 4.69) is 63.1 Å². The predicted molar refractivity (Wildman–Crippen MR) is 236 cm³/mol. The van der Waals surface area contributed by atoms with Crippen LogP contribution in [-0.2, 0) is 30.3 Å². The van der Waals surface area contributed by atoms with Crippen LogP contribution in [0.15, 0.2) is 64.7 Å². The Balaban J connectivity index is 0.763. The fourth-order valence-electron chi connectivity index (χ4n) is 6.51. The second kappa shape index (κ2) is 22.6. The summed E-state index contributed by atoms with van der Waals surface area (Å²) in [7, 11) is 0. The number of piperazine rings is 1. The maximum Gasteiger partial charge on any atom is 0.248 e. The monoisotopic (exact) mass is 848 g/mol. The van der Waals surface area contributed by atoms with Gasteiger partial charge in [0.15, 0.2) is 5.65 Å². The lowest BCUT2D eigenvalue weighted by Crippen LogP contribution is -2.48. The molecule has 1 aromatic carbocycles. The number of hydrogen-bond donors (Lipinski definition) is 5. The Labute approximate surface area is 358 Å². The quantitative estimate of drug-likeness (QED) is 0.0234. The Kier molecular flexibility index (Phi) is 16.3. The summed E-state index contributed by atoms with van der Waals surface area (Å²) in [5.74, 6) is 3.72. The minimum atomic E-state index is -0.261. The Morgan fingerprint density at radius 3 is 2.47 bits per heavy atom. The number of aromatic hydroxyl groups is 1. The van der Waals surface area contributed by atoms with Gasteiger partial charge in [0, 0.05) is 87.3 Å². The fraction of sp³-hybridized carbons (Fsp3) is 0.405. The molecule has 20 heteroatoms. The minimum Gasteiger partial charge on any atom is -0.508 e. The number of aliphatic imine (C=N–C) groups is 2. The maximum absolute atomic E-state index is 12.5. The van der Waals surface area contributed by atoms with Crippen molar-refractivity contribution >= 4 is 58.2 Å². The maximum atomic E-state index is 12.5. The number of benzene rings is 1. The van der Waals surface area contributed by atoms with Gasteiger partial charge in [0.1, 0.15) is 23.6 Å². The molecule has 0 aliphatic carbocycles. The highest BCUT2D eigenvalue weighted by Gasteiger charge is 2.22. The van der Waals surface area contributed by atoms with Crippen LogP contribution in [0.25, 0.3) is 33.3 Å². The van der Waals surface area contributed by atoms with Gasteiger partial charge in [-0.2, -0.15) is 5.10 Å². The van der Waals surface area contributed by atoms with Crippen LogP contribution in [0.1, 0.15) is 31.7 Å². The second-order valence-electron chi connectivity index (χ2n) is 14.2. The summed E-state index contributed by atoms with van der Waals surface area (Å²) in [6.07, 6.45) is 13.3. The molecule has 0 saturated carbocycles. The highest BCUT2D eigenvalue weighted by molar-refractivity contribution is 6.00. The van der Waals surface area contributed by atoms with Crippen molar-refractivity contribution in [2.75, 3.05) is 89.5 Å². The van der Waals surface area contributed by atoms with Crippen molar-refractivity contribution in [1.82, 2.24) is 50.2 Å². The van der Waals surface area contributed by atoms with Crippen LogP contribution in [0, 0.1) is 12.3 Å². The molecule has 4 aromatic heterocycles. The Hall–Kier alpha value is -6.95. The molecule has 5 heterocycles. The first-order valence-electron chi connectivity index (χ1n) is 20.3. The van der Waals surface area contributed by atoms with Crippen molar-refractivity contribution in [3.63, 3.8) is 0 Å². The van der Waals surface area contributed by atoms with Crippen LogP contribution in [0.5, 0.6) is 5.75 Å². The van der Waals surface area contributed by atoms with E-state index in [1.807, 2.05) is 11.0 Å². The van der Waals surface area contributed by atoms with Crippen molar-refractivity contribution in [2.24, 2.45) is 9.98 Å². The molecule has 0 spiro atoms. The Morgan fingerprint density at radius 2 is 1.73 bits per heavy atom. The average molecular weight is 849 g/mol. The van der Waals surface area contributed by atoms with Crippen LogP contribution in [0.4, 0.5) is 11.8 Å². The molecule has 5 aromatic rings. The van der Waals surface area contributed by atoms with Gasteiger partial charge < -0.3 is 50.5 Å². The summed E-state index contributed by atoms with van der Waals surface area (Å²) in [5.41, 5.74) is 10.2. The SMILES string of the molecule is C#Cc1cnc(N2CCN(C(N=C)=N/C=C(\C)C(=O)NCCOCCOCCOCCC(=O)NCCCCn3nc(-c4cc5cc(O)ccc5[nH]4)c4c(N)ncnc43)CC2)nc1. The van der Waals surface area contributed by atoms with Crippen molar-refractivity contribution in [2.45, 2.75) is 32.7 Å². The molecule has 6 N–H and O–H groups in total. The van der Waals surface area contributed by atoms with E-state index in [1.165, 1.54) is 12.5 Å². The van der Waals surface area contributed by atoms with E-state index in [1.54, 1.807) is 42.2 Å². The molecular weight excluding hydrogens is 797 g/mol. The lowest BCUT2D eigenvalue weighted by molar-refractivity contribution is -0.122. The summed E-state index contributed by atoms with van der Waals surface area (Å²) in [4.78, 5) is 57.9. The molecule has 20 nitrogen and oxygen atoms in total. The van der Waals surface area contributed by atoms with E-state index < -0.39 is 0 Å². The molecule has 62 heavy (non-hydrogen) atoms. The van der Waals surface area contributed by atoms with E-state index in [-0.39, 0.29) is 30.6 Å². The predicted octanol–water partition coefficient (Wildman–Crippen LogP) is 2.27. The number of amides is 2. The molecule has 1 fully saturated rings. The zero-order chi connectivity index (χ0) is 43.7. The number of rotatable bonds is 21. The summed E-state index contributed by atoms with van der Waals surface area (Å²) in [6.45, 7) is 11.4. The number of anilines is 2. The molecule has 6 rings (SSSR count). The molecule has 1 aliphatic rings. The van der Waals surface area contributed by atoms with E-state index in [0.29, 0.717) is 124 Å². The number of aryl methyl sites for hydroxylation is 1. The van der Waals surface area contributed by atoms with Crippen molar-refractivity contribution in [3.05, 3.63) is 60.3 Å². The van der Waals surface area contributed by atoms with Crippen LogP contribution in [-0.4, -0.2) is 148 Å². The number of nitrogen functional groups attached to an aromatic ring is 1. The highest BCUT2D eigenvalue weighted by Crippen LogP contribution is 2.32. The summed E-state index contributed by atoms with van der Waals surface area (Å²) in [5, 5.41) is 21.9. The Bertz CT molecular complexity index is 2400. The minimum absolute atomic E-state index is 0.0914. The van der Waals surface area contributed by atoms with Gasteiger partial charge >= 0.3 is 0 Å². The number of nitrogens with one attached hydrogen (secondary N) is 3. The van der Waals surface area contributed by atoms with Crippen LogP contribution >= 0.6 is 0 Å². The van der Waals surface area contributed by atoms with Gasteiger partial charge in [-0.05, 0) is 50.7 Å². The lowest BCUT2D eigenvalue weighted by atomic mass is 10.2. The van der Waals surface area contributed by atoms with Crippen LogP contribution < -0.4 is 21.3 Å². The number of hydrogen-bond acceptors (Lipinski definition) is 14. The number of nitrogens with two attached hydrogens (primary N) is 1. The third-order valence-electron chi connectivity index (χ3n) is 9.81. The van der Waals surface area contributed by atoms with Gasteiger partial charge in [-0.15, -0.1) is 6.42 Å². The molecule has 2 amide bonds. The standard InChI is InChI=1S/C42H52N14O6/c1-4-30-26-48-42(49-27-30)55-15-13-54(14-16-55)41(44-3)47-25-29(2)40(59)46-11-18-61-20-22-62-21-19-60-17-9-35(58)45-10-5-6-12-56-39-36(38(43)50-28-51-39)37(53-56)34-24-31-23-32(57)7-8-33(31)52-34/h1,7-8,23-28,52,57H,3,5-6,9-22H2,2H3,(H,45,58)(H,46,59)(H2,43,50,51)/b29-25+,47-41?. The number of aromatic amines is 1. The van der Waals surface area contributed by atoms with Crippen molar-refractivity contribution in [3.8, 4) is 29.5 Å². The van der Waals surface area contributed by atoms with E-state index in [0.717, 1.165) is 29.4 Å². The van der Waals surface area contributed by atoms with Gasteiger partial charge in [0.2, 0.25) is 23.7 Å². The van der Waals surface area contributed by atoms with Crippen LogP contribution in [0.2, 0.25) is 0 Å². The number of carbonyl (C=O) groups is 2. The normalized spacial score (nSPS) is 13.4. The largest absolute Gasteiger partial charge is 0.508 e. The fourth-order valence-corrected chi connectivity index (χ4v) is 6.51. The number of phenolic OH excluding ortho intramolecular Hbond substituents is 1. The van der Waals surface area contributed by atoms with Crippen molar-refractivity contribution in [1.29, 1.82) is 0 Å². The smallest absolute Gasteiger partial charge is 0.248 e. The molecule has 326 valence electrons. The van der Waals surface area contributed by atoms with Gasteiger partial charge in [-0.25, -0.2) is 34.6 Å².